The Morgan fingerprint density at radius 2 is 1.51 bits per heavy atom. The highest BCUT2D eigenvalue weighted by Crippen LogP contribution is 2.35. The molecule has 2 aromatic rings. The van der Waals surface area contributed by atoms with E-state index in [-0.39, 0.29) is 24.3 Å². The molecule has 0 spiro atoms. The number of methoxy groups -OCH3 is 2. The lowest BCUT2D eigenvalue weighted by molar-refractivity contribution is -0.121. The van der Waals surface area contributed by atoms with Gasteiger partial charge < -0.3 is 25.8 Å². The van der Waals surface area contributed by atoms with E-state index < -0.39 is 0 Å². The van der Waals surface area contributed by atoms with Crippen LogP contribution in [-0.2, 0) is 11.2 Å². The van der Waals surface area contributed by atoms with Crippen LogP contribution in [0.5, 0.6) is 11.5 Å². The van der Waals surface area contributed by atoms with Crippen molar-refractivity contribution in [2.24, 2.45) is 17.6 Å². The van der Waals surface area contributed by atoms with Crippen LogP contribution in [0.25, 0.3) is 0 Å². The van der Waals surface area contributed by atoms with E-state index in [0.717, 1.165) is 30.2 Å². The van der Waals surface area contributed by atoms with Gasteiger partial charge in [0.25, 0.3) is 5.91 Å². The molecule has 2 aliphatic carbocycles. The first-order valence-electron chi connectivity index (χ1n) is 13.6. The third-order valence-electron chi connectivity index (χ3n) is 8.03. The molecule has 4 N–H and O–H groups in total. The molecular weight excluding hydrogens is 466 g/mol. The van der Waals surface area contributed by atoms with Crippen molar-refractivity contribution < 1.29 is 19.1 Å². The number of amides is 2. The van der Waals surface area contributed by atoms with Crippen molar-refractivity contribution in [1.82, 2.24) is 5.32 Å². The summed E-state index contributed by atoms with van der Waals surface area (Å²) in [6.45, 7) is 0. The molecular formula is C30H41N3O4. The number of benzene rings is 2. The maximum absolute atomic E-state index is 12.9. The van der Waals surface area contributed by atoms with Crippen molar-refractivity contribution in [3.63, 3.8) is 0 Å². The van der Waals surface area contributed by atoms with Crippen LogP contribution >= 0.6 is 0 Å². The van der Waals surface area contributed by atoms with Crippen molar-refractivity contribution in [3.05, 3.63) is 53.6 Å². The van der Waals surface area contributed by atoms with Gasteiger partial charge in [0.05, 0.1) is 20.6 Å². The molecule has 2 amide bonds. The summed E-state index contributed by atoms with van der Waals surface area (Å²) in [5.74, 6) is 2.38. The molecule has 7 nitrogen and oxygen atoms in total. The van der Waals surface area contributed by atoms with Crippen molar-refractivity contribution in [3.8, 4) is 11.5 Å². The number of nitrogens with one attached hydrogen (secondary N) is 2. The second-order valence-electron chi connectivity index (χ2n) is 10.7. The number of anilines is 1. The maximum atomic E-state index is 12.9. The van der Waals surface area contributed by atoms with Crippen LogP contribution in [0, 0.1) is 11.8 Å². The smallest absolute Gasteiger partial charge is 0.255 e. The largest absolute Gasteiger partial charge is 0.493 e. The Morgan fingerprint density at radius 3 is 2.19 bits per heavy atom. The number of nitrogens with two attached hydrogens (primary N) is 1. The Balaban J connectivity index is 1.27. The molecule has 0 aliphatic heterocycles. The Labute approximate surface area is 220 Å². The molecule has 37 heavy (non-hydrogen) atoms. The minimum Gasteiger partial charge on any atom is -0.493 e. The topological polar surface area (TPSA) is 103 Å². The van der Waals surface area contributed by atoms with Gasteiger partial charge in [0.1, 0.15) is 0 Å². The molecule has 0 heterocycles. The predicted octanol–water partition coefficient (Wildman–Crippen LogP) is 5.08. The summed E-state index contributed by atoms with van der Waals surface area (Å²) in [5.41, 5.74) is 7.93. The summed E-state index contributed by atoms with van der Waals surface area (Å²) in [6, 6.07) is 13.1. The summed E-state index contributed by atoms with van der Waals surface area (Å²) < 4.78 is 10.6. The SMILES string of the molecule is COc1ccc(C(=O)Nc2ccccc2CC(=O)NC2CCC(CC3CCC(N)CC3)CC2)cc1OC. The first kappa shape index (κ1) is 27.0. The Bertz CT molecular complexity index is 1060. The second-order valence-corrected chi connectivity index (χ2v) is 10.7. The molecule has 0 radical (unpaired) electrons. The summed E-state index contributed by atoms with van der Waals surface area (Å²) in [7, 11) is 3.09. The number of ether oxygens (including phenoxy) is 2. The summed E-state index contributed by atoms with van der Waals surface area (Å²) in [4.78, 5) is 25.8. The van der Waals surface area contributed by atoms with E-state index in [4.69, 9.17) is 15.2 Å². The van der Waals surface area contributed by atoms with Crippen molar-refractivity contribution in [1.29, 1.82) is 0 Å². The molecule has 0 aromatic heterocycles. The van der Waals surface area contributed by atoms with E-state index in [1.807, 2.05) is 24.3 Å². The van der Waals surface area contributed by atoms with Crippen LogP contribution in [0.4, 0.5) is 5.69 Å². The van der Waals surface area contributed by atoms with Gasteiger partial charge >= 0.3 is 0 Å². The van der Waals surface area contributed by atoms with Gasteiger partial charge in [0, 0.05) is 23.3 Å². The molecule has 2 saturated carbocycles. The van der Waals surface area contributed by atoms with Crippen molar-refractivity contribution in [2.75, 3.05) is 19.5 Å². The molecule has 200 valence electrons. The van der Waals surface area contributed by atoms with Crippen molar-refractivity contribution >= 4 is 17.5 Å². The third-order valence-corrected chi connectivity index (χ3v) is 8.03. The summed E-state index contributed by atoms with van der Waals surface area (Å²) in [5, 5.41) is 6.19. The molecule has 0 saturated heterocycles. The summed E-state index contributed by atoms with van der Waals surface area (Å²) in [6.07, 6.45) is 10.9. The van der Waals surface area contributed by atoms with Gasteiger partial charge in [0.15, 0.2) is 11.5 Å². The molecule has 4 rings (SSSR count). The van der Waals surface area contributed by atoms with E-state index >= 15 is 0 Å². The van der Waals surface area contributed by atoms with Gasteiger partial charge in [0.2, 0.25) is 5.91 Å². The number of carbonyl (C=O) groups is 2. The Hall–Kier alpha value is -3.06. The van der Waals surface area contributed by atoms with Crippen LogP contribution in [0.15, 0.2) is 42.5 Å². The van der Waals surface area contributed by atoms with Crippen LogP contribution in [0.3, 0.4) is 0 Å². The third kappa shape index (κ3) is 7.48. The average molecular weight is 508 g/mol. The number of carbonyl (C=O) groups excluding carboxylic acids is 2. The zero-order chi connectivity index (χ0) is 26.2. The molecule has 2 aliphatic rings. The molecule has 0 bridgehead atoms. The minimum atomic E-state index is -0.271. The van der Waals surface area contributed by atoms with E-state index in [1.165, 1.54) is 52.1 Å². The van der Waals surface area contributed by atoms with Gasteiger partial charge in [-0.25, -0.2) is 0 Å². The molecule has 2 aromatic carbocycles. The quantitative estimate of drug-likeness (QED) is 0.439. The van der Waals surface area contributed by atoms with Crippen LogP contribution in [-0.4, -0.2) is 38.1 Å². The zero-order valence-electron chi connectivity index (χ0n) is 22.1. The fourth-order valence-corrected chi connectivity index (χ4v) is 5.86. The molecule has 2 fully saturated rings. The molecule has 7 heteroatoms. The lowest BCUT2D eigenvalue weighted by Gasteiger charge is -2.33. The van der Waals surface area contributed by atoms with Crippen LogP contribution in [0.1, 0.15) is 73.7 Å². The first-order chi connectivity index (χ1) is 17.9. The van der Waals surface area contributed by atoms with Crippen LogP contribution in [0.2, 0.25) is 0 Å². The van der Waals surface area contributed by atoms with E-state index in [9.17, 15) is 9.59 Å². The standard InChI is InChI=1S/C30H41N3O4/c1-36-27-16-11-23(18-28(27)37-2)30(35)33-26-6-4-3-5-22(26)19-29(34)32-25-14-9-21(10-15-25)17-20-7-12-24(31)13-8-20/h3-6,11,16,18,20-21,24-25H,7-10,12-15,17,19,31H2,1-2H3,(H,32,34)(H,33,35). The first-order valence-corrected chi connectivity index (χ1v) is 13.6. The Kier molecular flexibility index (Phi) is 9.45. The number of rotatable bonds is 9. The number of hydrogen-bond donors (Lipinski definition) is 3. The van der Waals surface area contributed by atoms with Crippen molar-refractivity contribution in [2.45, 2.75) is 76.3 Å². The highest BCUT2D eigenvalue weighted by Gasteiger charge is 2.27. The number of para-hydroxylation sites is 1. The van der Waals surface area contributed by atoms with E-state index in [2.05, 4.69) is 10.6 Å². The normalized spacial score (nSPS) is 23.6. The maximum Gasteiger partial charge on any atom is 0.255 e. The van der Waals surface area contributed by atoms with Gasteiger partial charge in [-0.1, -0.05) is 18.2 Å². The van der Waals surface area contributed by atoms with Crippen LogP contribution < -0.4 is 25.8 Å². The lowest BCUT2D eigenvalue weighted by Crippen LogP contribution is -2.39. The van der Waals surface area contributed by atoms with Gasteiger partial charge in [-0.15, -0.1) is 0 Å². The molecule has 0 unspecified atom stereocenters. The summed E-state index contributed by atoms with van der Waals surface area (Å²) >= 11 is 0. The fraction of sp³-hybridized carbons (Fsp3) is 0.533. The van der Waals surface area contributed by atoms with E-state index in [1.54, 1.807) is 25.3 Å². The van der Waals surface area contributed by atoms with Gasteiger partial charge in [-0.2, -0.15) is 0 Å². The van der Waals surface area contributed by atoms with Gasteiger partial charge in [-0.3, -0.25) is 9.59 Å². The molecule has 0 atom stereocenters. The van der Waals surface area contributed by atoms with E-state index in [0.29, 0.717) is 28.8 Å². The lowest BCUT2D eigenvalue weighted by atomic mass is 9.76. The highest BCUT2D eigenvalue weighted by molar-refractivity contribution is 6.05. The Morgan fingerprint density at radius 1 is 0.865 bits per heavy atom. The second kappa shape index (κ2) is 13.0. The highest BCUT2D eigenvalue weighted by atomic mass is 16.5. The fourth-order valence-electron chi connectivity index (χ4n) is 5.86. The number of hydrogen-bond acceptors (Lipinski definition) is 5. The zero-order valence-corrected chi connectivity index (χ0v) is 22.1. The van der Waals surface area contributed by atoms with Gasteiger partial charge in [-0.05, 0) is 99.5 Å². The predicted molar refractivity (Wildman–Crippen MR) is 146 cm³/mol. The monoisotopic (exact) mass is 507 g/mol. The average Bonchev–Trinajstić information content (AvgIpc) is 2.91. The minimum absolute atomic E-state index is 0.00228.